The van der Waals surface area contributed by atoms with E-state index in [1.54, 1.807) is 0 Å². The molecule has 2 heterocycles. The van der Waals surface area contributed by atoms with Gasteiger partial charge in [-0.3, -0.25) is 9.68 Å². The van der Waals surface area contributed by atoms with E-state index < -0.39 is 12.0 Å². The number of fused-ring (bicyclic) bond motifs is 1. The summed E-state index contributed by atoms with van der Waals surface area (Å²) < 4.78 is 0. The van der Waals surface area contributed by atoms with E-state index >= 15 is 0 Å². The normalized spacial score (nSPS) is 14.0. The lowest BCUT2D eigenvalue weighted by atomic mass is 10.1. The first-order valence-corrected chi connectivity index (χ1v) is 11.9. The van der Waals surface area contributed by atoms with Crippen LogP contribution in [0.3, 0.4) is 0 Å². The van der Waals surface area contributed by atoms with Gasteiger partial charge in [0.15, 0.2) is 11.5 Å². The van der Waals surface area contributed by atoms with Crippen LogP contribution in [0.2, 0.25) is 5.28 Å². The van der Waals surface area contributed by atoms with Crippen molar-refractivity contribution in [2.75, 3.05) is 18.0 Å². The van der Waals surface area contributed by atoms with Crippen LogP contribution >= 0.6 is 11.6 Å². The van der Waals surface area contributed by atoms with E-state index in [-0.39, 0.29) is 30.4 Å². The summed E-state index contributed by atoms with van der Waals surface area (Å²) in [5.74, 6) is -0.508. The van der Waals surface area contributed by atoms with E-state index in [9.17, 15) is 9.59 Å². The molecule has 2 aromatic heterocycles. The molecule has 0 saturated heterocycles. The van der Waals surface area contributed by atoms with Gasteiger partial charge in [-0.25, -0.2) is 9.78 Å². The van der Waals surface area contributed by atoms with Crippen LogP contribution in [-0.2, 0) is 26.0 Å². The molecule has 0 bridgehead atoms. The Hall–Kier alpha value is -3.28. The summed E-state index contributed by atoms with van der Waals surface area (Å²) in [6.45, 7) is 0.585. The van der Waals surface area contributed by atoms with E-state index in [1.165, 1.54) is 6.33 Å². The number of nitrogens with one attached hydrogen (secondary N) is 2. The van der Waals surface area contributed by atoms with Gasteiger partial charge in [0.05, 0.1) is 12.9 Å². The number of amides is 1. The Morgan fingerprint density at radius 1 is 1.23 bits per heavy atom. The molecule has 11 nitrogen and oxygen atoms in total. The summed E-state index contributed by atoms with van der Waals surface area (Å²) in [4.78, 5) is 53.3. The number of aromatic amines is 1. The third-order valence-electron chi connectivity index (χ3n) is 5.59. The minimum Gasteiger partial charge on any atom is -0.342 e. The Morgan fingerprint density at radius 3 is 2.77 bits per heavy atom. The summed E-state index contributed by atoms with van der Waals surface area (Å²) >= 11 is 6.09. The first-order chi connectivity index (χ1) is 17.0. The highest BCUT2D eigenvalue weighted by atomic mass is 35.5. The van der Waals surface area contributed by atoms with Crippen molar-refractivity contribution in [1.82, 2.24) is 25.3 Å². The fourth-order valence-electron chi connectivity index (χ4n) is 3.69. The minimum absolute atomic E-state index is 0.0162. The van der Waals surface area contributed by atoms with Crippen LogP contribution in [0.15, 0.2) is 36.7 Å². The molecule has 4 rings (SSSR count). The number of H-pyrrole nitrogens is 1. The third kappa shape index (κ3) is 6.87. The van der Waals surface area contributed by atoms with Gasteiger partial charge in [-0.15, -0.1) is 0 Å². The molecule has 12 heteroatoms. The molecule has 4 N–H and O–H groups in total. The van der Waals surface area contributed by atoms with Gasteiger partial charge in [-0.05, 0) is 55.8 Å². The number of carbonyl (C=O) groups is 2. The number of imidazole rings is 1. The molecule has 0 radical (unpaired) electrons. The zero-order valence-corrected chi connectivity index (χ0v) is 19.9. The van der Waals surface area contributed by atoms with Crippen molar-refractivity contribution in [2.45, 2.75) is 50.8 Å². The van der Waals surface area contributed by atoms with Gasteiger partial charge in [-0.2, -0.15) is 14.9 Å². The summed E-state index contributed by atoms with van der Waals surface area (Å²) in [5, 5.41) is 2.83. The zero-order valence-electron chi connectivity index (χ0n) is 19.2. The lowest BCUT2D eigenvalue weighted by Gasteiger charge is -2.24. The third-order valence-corrected chi connectivity index (χ3v) is 5.76. The van der Waals surface area contributed by atoms with Crippen LogP contribution in [0.5, 0.6) is 0 Å². The second kappa shape index (κ2) is 11.9. The highest BCUT2D eigenvalue weighted by molar-refractivity contribution is 6.28. The molecule has 186 valence electrons. The Morgan fingerprint density at radius 2 is 2.03 bits per heavy atom. The van der Waals surface area contributed by atoms with Crippen LogP contribution in [0.1, 0.15) is 37.7 Å². The van der Waals surface area contributed by atoms with Crippen molar-refractivity contribution in [1.29, 1.82) is 0 Å². The molecular formula is C23H28ClN7O4. The topological polar surface area (TPSA) is 148 Å². The average Bonchev–Trinajstić information content (AvgIpc) is 3.59. The highest BCUT2D eigenvalue weighted by Crippen LogP contribution is 2.33. The molecule has 35 heavy (non-hydrogen) atoms. The Bertz CT molecular complexity index is 1140. The van der Waals surface area contributed by atoms with E-state index in [2.05, 4.69) is 25.3 Å². The number of anilines is 1. The van der Waals surface area contributed by atoms with Gasteiger partial charge in [0, 0.05) is 6.04 Å². The second-order valence-electron chi connectivity index (χ2n) is 8.33. The molecule has 1 saturated carbocycles. The zero-order chi connectivity index (χ0) is 24.6. The van der Waals surface area contributed by atoms with Crippen LogP contribution in [-0.4, -0.2) is 57.0 Å². The van der Waals surface area contributed by atoms with Gasteiger partial charge in [-0.1, -0.05) is 30.3 Å². The van der Waals surface area contributed by atoms with Gasteiger partial charge >= 0.3 is 5.97 Å². The largest absolute Gasteiger partial charge is 0.364 e. The SMILES string of the molecule is NCCCC[C@H](NC(=O)CN(c1nc(Cl)nc2nc[nH]c12)C1CC1)C(=O)OOCc1ccccc1. The lowest BCUT2D eigenvalue weighted by Crippen LogP contribution is -2.47. The standard InChI is InChI=1S/C23H28ClN7O4/c24-23-29-20-19(26-14-27-20)21(30-23)31(16-9-10-16)12-18(32)28-17(8-4-5-11-25)22(33)35-34-13-15-6-2-1-3-7-15/h1-3,6-7,14,16-17H,4-5,8-13,25H2,(H,28,32)(H,26,27,29,30)/t17-/m0/s1. The van der Waals surface area contributed by atoms with Crippen molar-refractivity contribution in [2.24, 2.45) is 5.73 Å². The number of nitrogens with two attached hydrogens (primary N) is 1. The molecule has 0 spiro atoms. The maximum atomic E-state index is 13.0. The van der Waals surface area contributed by atoms with Crippen LogP contribution in [0, 0.1) is 0 Å². The number of rotatable bonds is 13. The van der Waals surface area contributed by atoms with Crippen molar-refractivity contribution in [3.8, 4) is 0 Å². The molecule has 1 amide bonds. The number of hydrogen-bond acceptors (Lipinski definition) is 9. The van der Waals surface area contributed by atoms with Crippen LogP contribution < -0.4 is 16.0 Å². The number of benzene rings is 1. The number of hydrogen-bond donors (Lipinski definition) is 3. The van der Waals surface area contributed by atoms with Crippen molar-refractivity contribution >= 4 is 40.5 Å². The number of aromatic nitrogens is 4. The summed E-state index contributed by atoms with van der Waals surface area (Å²) in [6.07, 6.45) is 5.08. The highest BCUT2D eigenvalue weighted by Gasteiger charge is 2.34. The molecule has 1 aromatic carbocycles. The quantitative estimate of drug-likeness (QED) is 0.139. The first-order valence-electron chi connectivity index (χ1n) is 11.5. The van der Waals surface area contributed by atoms with E-state index in [0.29, 0.717) is 36.4 Å². The van der Waals surface area contributed by atoms with Crippen molar-refractivity contribution in [3.63, 3.8) is 0 Å². The fourth-order valence-corrected chi connectivity index (χ4v) is 3.85. The predicted octanol–water partition coefficient (Wildman–Crippen LogP) is 2.26. The molecule has 0 aliphatic heterocycles. The number of carbonyl (C=O) groups excluding carboxylic acids is 2. The number of unbranched alkanes of at least 4 members (excludes halogenated alkanes) is 1. The number of halogens is 1. The summed E-state index contributed by atoms with van der Waals surface area (Å²) in [6, 6.07) is 8.60. The smallest absolute Gasteiger partial charge is 0.342 e. The second-order valence-corrected chi connectivity index (χ2v) is 8.67. The van der Waals surface area contributed by atoms with E-state index in [0.717, 1.165) is 24.8 Å². The molecule has 1 atom stereocenters. The van der Waals surface area contributed by atoms with Gasteiger partial charge in [0.2, 0.25) is 11.2 Å². The van der Waals surface area contributed by atoms with Crippen molar-refractivity contribution < 1.29 is 19.4 Å². The van der Waals surface area contributed by atoms with Crippen LogP contribution in [0.4, 0.5) is 5.82 Å². The Balaban J connectivity index is 1.40. The van der Waals surface area contributed by atoms with Crippen molar-refractivity contribution in [3.05, 3.63) is 47.5 Å². The lowest BCUT2D eigenvalue weighted by molar-refractivity contribution is -0.281. The van der Waals surface area contributed by atoms with E-state index in [1.807, 2.05) is 35.2 Å². The Labute approximate surface area is 207 Å². The average molecular weight is 502 g/mol. The maximum Gasteiger partial charge on any atom is 0.364 e. The minimum atomic E-state index is -0.868. The fraction of sp³-hybridized carbons (Fsp3) is 0.435. The monoisotopic (exact) mass is 501 g/mol. The summed E-state index contributed by atoms with van der Waals surface area (Å²) in [5.41, 5.74) is 7.47. The molecule has 3 aromatic rings. The molecule has 0 unspecified atom stereocenters. The molecule has 1 aliphatic carbocycles. The van der Waals surface area contributed by atoms with Crippen LogP contribution in [0.25, 0.3) is 11.2 Å². The molecular weight excluding hydrogens is 474 g/mol. The van der Waals surface area contributed by atoms with Gasteiger partial charge in [0.25, 0.3) is 0 Å². The Kier molecular flexibility index (Phi) is 8.45. The van der Waals surface area contributed by atoms with Gasteiger partial charge in [0.1, 0.15) is 18.2 Å². The number of nitrogens with zero attached hydrogens (tertiary/aromatic N) is 4. The molecule has 1 aliphatic rings. The molecule has 1 fully saturated rings. The predicted molar refractivity (Wildman–Crippen MR) is 129 cm³/mol. The van der Waals surface area contributed by atoms with Gasteiger partial charge < -0.3 is 20.9 Å². The maximum absolute atomic E-state index is 13.0. The van der Waals surface area contributed by atoms with E-state index in [4.69, 9.17) is 27.1 Å². The summed E-state index contributed by atoms with van der Waals surface area (Å²) in [7, 11) is 0. The first kappa shape index (κ1) is 24.8.